The van der Waals surface area contributed by atoms with Gasteiger partial charge in [0.15, 0.2) is 5.78 Å². The number of Topliss-reactive ketones (excluding diaryl/α,β-unsaturated/α-hetero) is 1. The van der Waals surface area contributed by atoms with Crippen LogP contribution in [-0.4, -0.2) is 24.4 Å². The number of hydrogen-bond acceptors (Lipinski definition) is 3. The lowest BCUT2D eigenvalue weighted by molar-refractivity contribution is -0.277. The van der Waals surface area contributed by atoms with Crippen LogP contribution in [-0.2, 0) is 11.2 Å². The number of ketones is 1. The van der Waals surface area contributed by atoms with Crippen molar-refractivity contribution >= 4 is 17.4 Å². The third kappa shape index (κ3) is 6.11. The second-order valence-electron chi connectivity index (χ2n) is 3.68. The zero-order chi connectivity index (χ0) is 16.3. The summed E-state index contributed by atoms with van der Waals surface area (Å²) in [6, 6.07) is 2.41. The first-order valence-corrected chi connectivity index (χ1v) is 5.76. The van der Waals surface area contributed by atoms with E-state index in [-0.39, 0.29) is 0 Å². The summed E-state index contributed by atoms with van der Waals surface area (Å²) < 4.78 is 80.5. The van der Waals surface area contributed by atoms with E-state index in [4.69, 9.17) is 11.6 Å². The van der Waals surface area contributed by atoms with E-state index in [0.717, 1.165) is 18.2 Å². The number of benzene rings is 1. The van der Waals surface area contributed by atoms with E-state index < -0.39 is 47.9 Å². The molecule has 0 unspecified atom stereocenters. The number of carbonyl (C=O) groups is 1. The molecule has 0 heterocycles. The summed E-state index contributed by atoms with van der Waals surface area (Å²) in [7, 11) is 0. The molecule has 1 aromatic rings. The van der Waals surface area contributed by atoms with Crippen LogP contribution in [0.3, 0.4) is 0 Å². The molecule has 0 atom stereocenters. The highest BCUT2D eigenvalue weighted by Gasteiger charge is 2.36. The van der Waals surface area contributed by atoms with Crippen molar-refractivity contribution in [3.8, 4) is 11.5 Å². The lowest BCUT2D eigenvalue weighted by Gasteiger charge is -2.17. The van der Waals surface area contributed by atoms with Gasteiger partial charge in [0.1, 0.15) is 11.5 Å². The van der Waals surface area contributed by atoms with Gasteiger partial charge in [-0.05, 0) is 12.1 Å². The van der Waals surface area contributed by atoms with E-state index in [9.17, 15) is 31.1 Å². The molecular formula is C11H7ClF6O3. The van der Waals surface area contributed by atoms with Gasteiger partial charge in [-0.15, -0.1) is 37.9 Å². The van der Waals surface area contributed by atoms with Crippen LogP contribution in [0.4, 0.5) is 26.3 Å². The van der Waals surface area contributed by atoms with E-state index in [1.54, 1.807) is 0 Å². The predicted octanol–water partition coefficient (Wildman–Crippen LogP) is 3.83. The quantitative estimate of drug-likeness (QED) is 0.605. The van der Waals surface area contributed by atoms with Crippen LogP contribution in [0.5, 0.6) is 11.5 Å². The molecular weight excluding hydrogens is 330 g/mol. The molecule has 0 amide bonds. The maximum Gasteiger partial charge on any atom is 0.573 e. The van der Waals surface area contributed by atoms with Crippen LogP contribution in [0.25, 0.3) is 0 Å². The van der Waals surface area contributed by atoms with E-state index in [1.807, 2.05) is 0 Å². The first-order valence-electron chi connectivity index (χ1n) is 5.23. The van der Waals surface area contributed by atoms with Gasteiger partial charge in [0, 0.05) is 12.0 Å². The summed E-state index contributed by atoms with van der Waals surface area (Å²) in [4.78, 5) is 11.2. The molecule has 0 aromatic heterocycles. The van der Waals surface area contributed by atoms with E-state index >= 15 is 0 Å². The van der Waals surface area contributed by atoms with Crippen molar-refractivity contribution in [1.82, 2.24) is 0 Å². The van der Waals surface area contributed by atoms with Crippen molar-refractivity contribution in [2.24, 2.45) is 0 Å². The Labute approximate surface area is 119 Å². The highest BCUT2D eigenvalue weighted by molar-refractivity contribution is 6.27. The van der Waals surface area contributed by atoms with E-state index in [2.05, 4.69) is 9.47 Å². The molecule has 0 spiro atoms. The highest BCUT2D eigenvalue weighted by atomic mass is 35.5. The Morgan fingerprint density at radius 2 is 1.43 bits per heavy atom. The second-order valence-corrected chi connectivity index (χ2v) is 3.94. The molecule has 21 heavy (non-hydrogen) atoms. The standard InChI is InChI=1S/C11H7ClF6O3/c12-5-6(19)4-7-8(20-10(13,14)15)2-1-3-9(7)21-11(16,17)18/h1-3H,4-5H2. The number of rotatable bonds is 5. The van der Waals surface area contributed by atoms with Gasteiger partial charge < -0.3 is 9.47 Å². The van der Waals surface area contributed by atoms with Crippen LogP contribution in [0.1, 0.15) is 5.56 Å². The first kappa shape index (κ1) is 17.4. The van der Waals surface area contributed by atoms with Gasteiger partial charge in [0.2, 0.25) is 0 Å². The molecule has 1 rings (SSSR count). The zero-order valence-corrected chi connectivity index (χ0v) is 10.8. The molecule has 0 radical (unpaired) electrons. The molecule has 0 aliphatic heterocycles. The average Bonchev–Trinajstić information content (AvgIpc) is 2.29. The molecule has 118 valence electrons. The third-order valence-corrected chi connectivity index (χ3v) is 2.36. The minimum Gasteiger partial charge on any atom is -0.405 e. The first-order chi connectivity index (χ1) is 9.52. The number of hydrogen-bond donors (Lipinski definition) is 0. The average molecular weight is 337 g/mol. The van der Waals surface area contributed by atoms with Crippen LogP contribution in [0.15, 0.2) is 18.2 Å². The van der Waals surface area contributed by atoms with Crippen molar-refractivity contribution in [2.45, 2.75) is 19.1 Å². The highest BCUT2D eigenvalue weighted by Crippen LogP contribution is 2.35. The second kappa shape index (κ2) is 6.42. The summed E-state index contributed by atoms with van der Waals surface area (Å²) in [5, 5.41) is 0. The Hall–Kier alpha value is -1.64. The van der Waals surface area contributed by atoms with Crippen LogP contribution < -0.4 is 9.47 Å². The van der Waals surface area contributed by atoms with Crippen molar-refractivity contribution < 1.29 is 40.6 Å². The fourth-order valence-electron chi connectivity index (χ4n) is 1.40. The summed E-state index contributed by atoms with van der Waals surface area (Å²) in [5.41, 5.74) is -0.683. The van der Waals surface area contributed by atoms with Crippen molar-refractivity contribution in [3.05, 3.63) is 23.8 Å². The van der Waals surface area contributed by atoms with Crippen molar-refractivity contribution in [3.63, 3.8) is 0 Å². The number of ether oxygens (including phenoxy) is 2. The molecule has 10 heteroatoms. The van der Waals surface area contributed by atoms with Crippen LogP contribution in [0.2, 0.25) is 0 Å². The van der Waals surface area contributed by atoms with E-state index in [0.29, 0.717) is 0 Å². The molecule has 0 bridgehead atoms. The molecule has 0 saturated heterocycles. The molecule has 0 N–H and O–H groups in total. The van der Waals surface area contributed by atoms with Gasteiger partial charge >= 0.3 is 12.7 Å². The Balaban J connectivity index is 3.23. The van der Waals surface area contributed by atoms with Gasteiger partial charge in [-0.1, -0.05) is 6.07 Å². The van der Waals surface area contributed by atoms with Crippen molar-refractivity contribution in [2.75, 3.05) is 5.88 Å². The van der Waals surface area contributed by atoms with Crippen molar-refractivity contribution in [1.29, 1.82) is 0 Å². The van der Waals surface area contributed by atoms with Gasteiger partial charge in [0.25, 0.3) is 0 Å². The SMILES string of the molecule is O=C(CCl)Cc1c(OC(F)(F)F)cccc1OC(F)(F)F. The van der Waals surface area contributed by atoms with E-state index in [1.165, 1.54) is 0 Å². The lowest BCUT2D eigenvalue weighted by Crippen LogP contribution is -2.21. The Kier molecular flexibility index (Phi) is 5.32. The minimum atomic E-state index is -5.13. The van der Waals surface area contributed by atoms with Gasteiger partial charge in [-0.25, -0.2) is 0 Å². The fraction of sp³-hybridized carbons (Fsp3) is 0.364. The largest absolute Gasteiger partial charge is 0.573 e. The van der Waals surface area contributed by atoms with Crippen LogP contribution in [0, 0.1) is 0 Å². The Morgan fingerprint density at radius 1 is 1.00 bits per heavy atom. The molecule has 0 aliphatic carbocycles. The number of carbonyl (C=O) groups excluding carboxylic acids is 1. The number of alkyl halides is 7. The monoisotopic (exact) mass is 336 g/mol. The fourth-order valence-corrected chi connectivity index (χ4v) is 1.50. The summed E-state index contributed by atoms with van der Waals surface area (Å²) in [5.74, 6) is -3.28. The maximum absolute atomic E-state index is 12.2. The summed E-state index contributed by atoms with van der Waals surface area (Å²) in [6.07, 6.45) is -11.0. The lowest BCUT2D eigenvalue weighted by atomic mass is 10.1. The molecule has 0 saturated carbocycles. The minimum absolute atomic E-state index is 0.578. The topological polar surface area (TPSA) is 35.5 Å². The molecule has 0 aliphatic rings. The van der Waals surface area contributed by atoms with Crippen LogP contribution >= 0.6 is 11.6 Å². The predicted molar refractivity (Wildman–Crippen MR) is 59.2 cm³/mol. The summed E-state index contributed by atoms with van der Waals surface area (Å²) >= 11 is 5.20. The zero-order valence-electron chi connectivity index (χ0n) is 10.0. The van der Waals surface area contributed by atoms with Gasteiger partial charge in [-0.2, -0.15) is 0 Å². The normalized spacial score (nSPS) is 12.1. The Morgan fingerprint density at radius 3 is 1.76 bits per heavy atom. The van der Waals surface area contributed by atoms with Gasteiger partial charge in [-0.3, -0.25) is 4.79 Å². The number of halogens is 7. The molecule has 3 nitrogen and oxygen atoms in total. The third-order valence-electron chi connectivity index (χ3n) is 2.06. The van der Waals surface area contributed by atoms with Gasteiger partial charge in [0.05, 0.1) is 5.88 Å². The molecule has 1 aromatic carbocycles. The smallest absolute Gasteiger partial charge is 0.405 e. The summed E-state index contributed by atoms with van der Waals surface area (Å²) in [6.45, 7) is 0. The Bertz CT molecular complexity index is 477. The maximum atomic E-state index is 12.2. The molecule has 0 fully saturated rings.